The second-order valence-corrected chi connectivity index (χ2v) is 9.93. The number of halogens is 3. The molecule has 0 fully saturated rings. The molecule has 0 saturated carbocycles. The maximum Gasteiger partial charge on any atom is 0.222 e. The molecule has 1 N–H and O–H groups in total. The van der Waals surface area contributed by atoms with Crippen LogP contribution < -0.4 is 0 Å². The maximum absolute atomic E-state index is 14.1. The molecular formula is C31H23F3N6O. The van der Waals surface area contributed by atoms with Crippen LogP contribution in [0.4, 0.5) is 13.2 Å². The number of pyridine rings is 2. The fourth-order valence-corrected chi connectivity index (χ4v) is 5.35. The molecule has 1 aliphatic rings. The van der Waals surface area contributed by atoms with Crippen LogP contribution in [0.3, 0.4) is 0 Å². The highest BCUT2D eigenvalue weighted by Crippen LogP contribution is 2.36. The van der Waals surface area contributed by atoms with Crippen molar-refractivity contribution in [1.29, 1.82) is 0 Å². The van der Waals surface area contributed by atoms with Crippen molar-refractivity contribution >= 4 is 11.4 Å². The summed E-state index contributed by atoms with van der Waals surface area (Å²) in [7, 11) is 0. The predicted octanol–water partition coefficient (Wildman–Crippen LogP) is 6.06. The third-order valence-electron chi connectivity index (χ3n) is 7.12. The van der Waals surface area contributed by atoms with Gasteiger partial charge in [-0.2, -0.15) is 5.21 Å². The van der Waals surface area contributed by atoms with Crippen molar-refractivity contribution in [3.05, 3.63) is 119 Å². The van der Waals surface area contributed by atoms with Crippen molar-refractivity contribution in [3.8, 4) is 22.6 Å². The van der Waals surface area contributed by atoms with Crippen LogP contribution in [-0.2, 0) is 17.6 Å². The Balaban J connectivity index is 1.34. The molecule has 6 rings (SSSR count). The quantitative estimate of drug-likeness (QED) is 0.239. The highest BCUT2D eigenvalue weighted by molar-refractivity contribution is 5.92. The van der Waals surface area contributed by atoms with Gasteiger partial charge in [0, 0.05) is 42.8 Å². The standard InChI is InChI=1S/C31H23F3N6O/c32-23-6-5-19-3-4-20(28(19)17-23)13-26(41)14-22(10-18-11-24(33)16-25(34)12-18)30-27(2-1-8-36-30)21-7-9-35-29(15-21)31-37-39-40-38-31/h1-2,4-9,11-12,15-17,22H,3,10,13-14H2,(H,37,38,39,40)/t22-/m1/s1. The number of carbonyl (C=O) groups is 1. The number of hydrogen-bond donors (Lipinski definition) is 1. The van der Waals surface area contributed by atoms with E-state index in [0.717, 1.165) is 33.9 Å². The van der Waals surface area contributed by atoms with Gasteiger partial charge in [-0.1, -0.05) is 18.2 Å². The molecule has 10 heteroatoms. The molecule has 0 amide bonds. The molecule has 3 heterocycles. The molecule has 5 aromatic rings. The Morgan fingerprint density at radius 3 is 2.56 bits per heavy atom. The summed E-state index contributed by atoms with van der Waals surface area (Å²) < 4.78 is 42.2. The van der Waals surface area contributed by atoms with Gasteiger partial charge in [-0.05, 0) is 88.3 Å². The molecule has 0 spiro atoms. The SMILES string of the molecule is O=C(CC1=CCc2ccc(F)cc21)C[C@@H](Cc1cc(F)cc(F)c1)c1ncccc1-c1ccnc(-c2nn[nH]n2)c1. The van der Waals surface area contributed by atoms with Crippen molar-refractivity contribution in [2.75, 3.05) is 0 Å². The number of rotatable bonds is 9. The van der Waals surface area contributed by atoms with Gasteiger partial charge < -0.3 is 0 Å². The number of aromatic nitrogens is 6. The smallest absolute Gasteiger partial charge is 0.222 e. The molecule has 0 unspecified atom stereocenters. The van der Waals surface area contributed by atoms with Gasteiger partial charge in [-0.15, -0.1) is 10.2 Å². The van der Waals surface area contributed by atoms with Crippen LogP contribution in [0.25, 0.3) is 28.2 Å². The zero-order valence-electron chi connectivity index (χ0n) is 21.7. The number of ketones is 1. The fraction of sp³-hybridized carbons (Fsp3) is 0.161. The number of nitrogens with one attached hydrogen (secondary N) is 1. The number of H-pyrrole nitrogens is 1. The lowest BCUT2D eigenvalue weighted by molar-refractivity contribution is -0.118. The van der Waals surface area contributed by atoms with E-state index in [9.17, 15) is 18.0 Å². The highest BCUT2D eigenvalue weighted by atomic mass is 19.1. The molecule has 7 nitrogen and oxygen atoms in total. The summed E-state index contributed by atoms with van der Waals surface area (Å²) in [6.07, 6.45) is 6.18. The number of benzene rings is 2. The Kier molecular flexibility index (Phi) is 7.20. The number of fused-ring (bicyclic) bond motifs is 1. The van der Waals surface area contributed by atoms with E-state index < -0.39 is 17.6 Å². The first-order chi connectivity index (χ1) is 19.9. The Hall–Kier alpha value is -4.99. The average molecular weight is 553 g/mol. The van der Waals surface area contributed by atoms with E-state index in [1.54, 1.807) is 36.7 Å². The number of aromatic amines is 1. The van der Waals surface area contributed by atoms with Crippen molar-refractivity contribution in [1.82, 2.24) is 30.6 Å². The van der Waals surface area contributed by atoms with Gasteiger partial charge in [-0.3, -0.25) is 14.8 Å². The van der Waals surface area contributed by atoms with Gasteiger partial charge in [-0.25, -0.2) is 13.2 Å². The average Bonchev–Trinajstić information content (AvgIpc) is 3.63. The van der Waals surface area contributed by atoms with Crippen LogP contribution in [0.2, 0.25) is 0 Å². The molecule has 0 radical (unpaired) electrons. The maximum atomic E-state index is 14.1. The van der Waals surface area contributed by atoms with Crippen LogP contribution in [0.1, 0.15) is 41.1 Å². The van der Waals surface area contributed by atoms with Crippen molar-refractivity contribution in [2.24, 2.45) is 0 Å². The Morgan fingerprint density at radius 2 is 1.76 bits per heavy atom. The molecule has 41 heavy (non-hydrogen) atoms. The van der Waals surface area contributed by atoms with Crippen LogP contribution in [0, 0.1) is 17.5 Å². The molecule has 3 aromatic heterocycles. The van der Waals surface area contributed by atoms with Gasteiger partial charge in [0.25, 0.3) is 0 Å². The lowest BCUT2D eigenvalue weighted by Gasteiger charge is -2.20. The van der Waals surface area contributed by atoms with Gasteiger partial charge >= 0.3 is 0 Å². The van der Waals surface area contributed by atoms with Crippen LogP contribution in [0.15, 0.2) is 79.1 Å². The highest BCUT2D eigenvalue weighted by Gasteiger charge is 2.25. The van der Waals surface area contributed by atoms with E-state index in [0.29, 0.717) is 29.2 Å². The van der Waals surface area contributed by atoms with Crippen LogP contribution in [-0.4, -0.2) is 36.4 Å². The van der Waals surface area contributed by atoms with E-state index in [2.05, 4.69) is 30.6 Å². The number of tetrazole rings is 1. The lowest BCUT2D eigenvalue weighted by atomic mass is 9.85. The predicted molar refractivity (Wildman–Crippen MR) is 146 cm³/mol. The number of nitrogens with zero attached hydrogens (tertiary/aromatic N) is 5. The molecule has 2 aromatic carbocycles. The molecular weight excluding hydrogens is 529 g/mol. The third kappa shape index (κ3) is 5.81. The molecule has 0 saturated heterocycles. The second-order valence-electron chi connectivity index (χ2n) is 9.93. The van der Waals surface area contributed by atoms with Crippen molar-refractivity contribution < 1.29 is 18.0 Å². The first-order valence-corrected chi connectivity index (χ1v) is 13.0. The minimum Gasteiger partial charge on any atom is -0.299 e. The van der Waals surface area contributed by atoms with E-state index >= 15 is 0 Å². The second kappa shape index (κ2) is 11.2. The lowest BCUT2D eigenvalue weighted by Crippen LogP contribution is -2.13. The van der Waals surface area contributed by atoms with Crippen molar-refractivity contribution in [2.45, 2.75) is 31.6 Å². The van der Waals surface area contributed by atoms with E-state index in [1.165, 1.54) is 24.3 Å². The number of allylic oxidation sites excluding steroid dienone is 2. The summed E-state index contributed by atoms with van der Waals surface area (Å²) in [5.41, 5.74) is 5.49. The topological polar surface area (TPSA) is 97.3 Å². The number of carbonyl (C=O) groups excluding carboxylic acids is 1. The van der Waals surface area contributed by atoms with Crippen LogP contribution in [0.5, 0.6) is 0 Å². The van der Waals surface area contributed by atoms with Crippen molar-refractivity contribution in [3.63, 3.8) is 0 Å². The Morgan fingerprint density at radius 1 is 0.902 bits per heavy atom. The largest absolute Gasteiger partial charge is 0.299 e. The van der Waals surface area contributed by atoms with Gasteiger partial charge in [0.15, 0.2) is 0 Å². The summed E-state index contributed by atoms with van der Waals surface area (Å²) in [6.45, 7) is 0. The normalized spacial score (nSPS) is 13.1. The third-order valence-corrected chi connectivity index (χ3v) is 7.12. The zero-order chi connectivity index (χ0) is 28.3. The summed E-state index contributed by atoms with van der Waals surface area (Å²) in [4.78, 5) is 22.5. The Labute approximate surface area is 233 Å². The fourth-order valence-electron chi connectivity index (χ4n) is 5.35. The summed E-state index contributed by atoms with van der Waals surface area (Å²) in [5, 5.41) is 14.0. The van der Waals surface area contributed by atoms with E-state index in [-0.39, 0.29) is 30.9 Å². The van der Waals surface area contributed by atoms with E-state index in [1.807, 2.05) is 12.1 Å². The van der Waals surface area contributed by atoms with Gasteiger partial charge in [0.1, 0.15) is 28.9 Å². The molecule has 0 aliphatic heterocycles. The Bertz CT molecular complexity index is 1750. The van der Waals surface area contributed by atoms with E-state index in [4.69, 9.17) is 0 Å². The van der Waals surface area contributed by atoms with Gasteiger partial charge in [0.2, 0.25) is 5.82 Å². The minimum atomic E-state index is -0.694. The van der Waals surface area contributed by atoms with Crippen LogP contribution >= 0.6 is 0 Å². The zero-order valence-corrected chi connectivity index (χ0v) is 21.7. The molecule has 204 valence electrons. The summed E-state index contributed by atoms with van der Waals surface area (Å²) >= 11 is 0. The summed E-state index contributed by atoms with van der Waals surface area (Å²) in [5.74, 6) is -2.02. The molecule has 1 aliphatic carbocycles. The first-order valence-electron chi connectivity index (χ1n) is 13.0. The monoisotopic (exact) mass is 552 g/mol. The number of hydrogen-bond acceptors (Lipinski definition) is 6. The first kappa shape index (κ1) is 26.2. The molecule has 0 bridgehead atoms. The minimum absolute atomic E-state index is 0.0624. The number of Topliss-reactive ketones (excluding diaryl/α,β-unsaturated/α-hetero) is 1. The van der Waals surface area contributed by atoms with Gasteiger partial charge in [0.05, 0.1) is 5.69 Å². The molecule has 1 atom stereocenters. The summed E-state index contributed by atoms with van der Waals surface area (Å²) in [6, 6.07) is 15.2.